The van der Waals surface area contributed by atoms with Gasteiger partial charge in [0.1, 0.15) is 5.82 Å². The van der Waals surface area contributed by atoms with Gasteiger partial charge in [0.25, 0.3) is 0 Å². The van der Waals surface area contributed by atoms with E-state index < -0.39 is 0 Å². The highest BCUT2D eigenvalue weighted by molar-refractivity contribution is 5.77. The summed E-state index contributed by atoms with van der Waals surface area (Å²) in [5.74, 6) is 1.28. The van der Waals surface area contributed by atoms with Crippen molar-refractivity contribution in [2.75, 3.05) is 27.4 Å². The molecule has 2 unspecified atom stereocenters. The summed E-state index contributed by atoms with van der Waals surface area (Å²) in [4.78, 5) is 14.6. The van der Waals surface area contributed by atoms with Gasteiger partial charge in [0, 0.05) is 13.0 Å². The van der Waals surface area contributed by atoms with E-state index in [4.69, 9.17) is 9.47 Å². The fraction of sp³-hybridized carbons (Fsp3) is 0.409. The molecule has 0 aromatic heterocycles. The number of rotatable bonds is 8. The summed E-state index contributed by atoms with van der Waals surface area (Å²) in [5.41, 5.74) is 2.04. The molecule has 0 saturated heterocycles. The van der Waals surface area contributed by atoms with Gasteiger partial charge in [0.2, 0.25) is 12.7 Å². The SMILES string of the molecule is CCC(CC(=O)NCC(c1ccc2c(c1)OCO2)N(C)C)c1ccc(F)cc1. The minimum atomic E-state index is -0.263. The number of ether oxygens (including phenoxy) is 2. The van der Waals surface area contributed by atoms with Crippen LogP contribution in [-0.4, -0.2) is 38.2 Å². The standard InChI is InChI=1S/C22H27FN2O3/c1-4-15(16-5-8-18(23)9-6-16)12-22(26)24-13-19(25(2)3)17-7-10-20-21(11-17)28-14-27-20/h5-11,15,19H,4,12-14H2,1-3H3,(H,24,26). The number of nitrogens with one attached hydrogen (secondary N) is 1. The van der Waals surface area contributed by atoms with Crippen LogP contribution in [-0.2, 0) is 4.79 Å². The second-order valence-electron chi connectivity index (χ2n) is 7.26. The van der Waals surface area contributed by atoms with Crippen LogP contribution in [0.5, 0.6) is 11.5 Å². The third-order valence-electron chi connectivity index (χ3n) is 5.16. The molecular formula is C22H27FN2O3. The lowest BCUT2D eigenvalue weighted by Crippen LogP contribution is -2.35. The largest absolute Gasteiger partial charge is 0.454 e. The average molecular weight is 386 g/mol. The molecule has 0 aliphatic carbocycles. The molecule has 1 heterocycles. The Morgan fingerprint density at radius 3 is 2.46 bits per heavy atom. The molecule has 0 radical (unpaired) electrons. The number of fused-ring (bicyclic) bond motifs is 1. The summed E-state index contributed by atoms with van der Waals surface area (Å²) in [7, 11) is 3.96. The van der Waals surface area contributed by atoms with Crippen molar-refractivity contribution >= 4 is 5.91 Å². The molecule has 150 valence electrons. The summed E-state index contributed by atoms with van der Waals surface area (Å²) < 4.78 is 24.0. The number of hydrogen-bond donors (Lipinski definition) is 1. The number of hydrogen-bond acceptors (Lipinski definition) is 4. The van der Waals surface area contributed by atoms with Gasteiger partial charge in [-0.1, -0.05) is 25.1 Å². The van der Waals surface area contributed by atoms with Crippen LogP contribution in [0.15, 0.2) is 42.5 Å². The first-order valence-corrected chi connectivity index (χ1v) is 9.56. The van der Waals surface area contributed by atoms with Gasteiger partial charge in [-0.25, -0.2) is 4.39 Å². The van der Waals surface area contributed by atoms with E-state index >= 15 is 0 Å². The van der Waals surface area contributed by atoms with E-state index in [2.05, 4.69) is 10.2 Å². The maximum absolute atomic E-state index is 13.1. The molecule has 0 saturated carbocycles. The third kappa shape index (κ3) is 4.81. The molecule has 1 aliphatic heterocycles. The highest BCUT2D eigenvalue weighted by Crippen LogP contribution is 2.35. The first-order valence-electron chi connectivity index (χ1n) is 9.56. The van der Waals surface area contributed by atoms with E-state index in [1.807, 2.05) is 39.2 Å². The fourth-order valence-electron chi connectivity index (χ4n) is 3.46. The fourth-order valence-corrected chi connectivity index (χ4v) is 3.46. The molecular weight excluding hydrogens is 359 g/mol. The maximum Gasteiger partial charge on any atom is 0.231 e. The van der Waals surface area contributed by atoms with Gasteiger partial charge < -0.3 is 19.7 Å². The van der Waals surface area contributed by atoms with Gasteiger partial charge in [0.15, 0.2) is 11.5 Å². The van der Waals surface area contributed by atoms with Crippen LogP contribution >= 0.6 is 0 Å². The summed E-state index contributed by atoms with van der Waals surface area (Å²) in [6, 6.07) is 12.3. The van der Waals surface area contributed by atoms with E-state index in [9.17, 15) is 9.18 Å². The van der Waals surface area contributed by atoms with Crippen molar-refractivity contribution in [3.8, 4) is 11.5 Å². The number of likely N-dealkylation sites (N-methyl/N-ethyl adjacent to an activating group) is 1. The van der Waals surface area contributed by atoms with Crippen molar-refractivity contribution in [1.29, 1.82) is 0 Å². The van der Waals surface area contributed by atoms with Crippen LogP contribution in [0.2, 0.25) is 0 Å². The predicted octanol–water partition coefficient (Wildman–Crippen LogP) is 3.86. The lowest BCUT2D eigenvalue weighted by molar-refractivity contribution is -0.121. The molecule has 2 aromatic carbocycles. The average Bonchev–Trinajstić information content (AvgIpc) is 3.14. The Morgan fingerprint density at radius 1 is 1.11 bits per heavy atom. The lowest BCUT2D eigenvalue weighted by Gasteiger charge is -2.26. The van der Waals surface area contributed by atoms with Gasteiger partial charge in [0.05, 0.1) is 6.04 Å². The van der Waals surface area contributed by atoms with Crippen molar-refractivity contribution < 1.29 is 18.7 Å². The molecule has 2 aromatic rings. The minimum absolute atomic E-state index is 0.0104. The smallest absolute Gasteiger partial charge is 0.231 e. The van der Waals surface area contributed by atoms with Crippen LogP contribution in [0.25, 0.3) is 0 Å². The van der Waals surface area contributed by atoms with E-state index in [0.717, 1.165) is 29.0 Å². The van der Waals surface area contributed by atoms with Crippen molar-refractivity contribution in [1.82, 2.24) is 10.2 Å². The Hall–Kier alpha value is -2.60. The molecule has 0 spiro atoms. The number of carbonyl (C=O) groups is 1. The van der Waals surface area contributed by atoms with Crippen LogP contribution < -0.4 is 14.8 Å². The molecule has 1 N–H and O–H groups in total. The van der Waals surface area contributed by atoms with Crippen molar-refractivity contribution in [2.45, 2.75) is 31.7 Å². The Bertz CT molecular complexity index is 808. The monoisotopic (exact) mass is 386 g/mol. The molecule has 0 bridgehead atoms. The second-order valence-corrected chi connectivity index (χ2v) is 7.26. The molecule has 28 heavy (non-hydrogen) atoms. The summed E-state index contributed by atoms with van der Waals surface area (Å²) in [6.07, 6.45) is 1.20. The zero-order valence-corrected chi connectivity index (χ0v) is 16.6. The molecule has 6 heteroatoms. The predicted molar refractivity (Wildman–Crippen MR) is 106 cm³/mol. The van der Waals surface area contributed by atoms with Crippen molar-refractivity contribution in [3.05, 3.63) is 59.4 Å². The normalized spacial score (nSPS) is 14.8. The zero-order chi connectivity index (χ0) is 20.1. The Kier molecular flexibility index (Phi) is 6.52. The van der Waals surface area contributed by atoms with Crippen molar-refractivity contribution in [2.24, 2.45) is 0 Å². The first-order chi connectivity index (χ1) is 13.5. The zero-order valence-electron chi connectivity index (χ0n) is 16.6. The van der Waals surface area contributed by atoms with E-state index in [-0.39, 0.29) is 30.5 Å². The van der Waals surface area contributed by atoms with Gasteiger partial charge in [-0.05, 0) is 61.8 Å². The maximum atomic E-state index is 13.1. The van der Waals surface area contributed by atoms with Gasteiger partial charge >= 0.3 is 0 Å². The summed E-state index contributed by atoms with van der Waals surface area (Å²) in [6.45, 7) is 2.77. The Morgan fingerprint density at radius 2 is 1.79 bits per heavy atom. The number of carbonyl (C=O) groups excluding carboxylic acids is 1. The van der Waals surface area contributed by atoms with Crippen LogP contribution in [0.3, 0.4) is 0 Å². The number of nitrogens with zero attached hydrogens (tertiary/aromatic N) is 1. The molecule has 3 rings (SSSR count). The highest BCUT2D eigenvalue weighted by Gasteiger charge is 2.21. The molecule has 5 nitrogen and oxygen atoms in total. The van der Waals surface area contributed by atoms with Gasteiger partial charge in [-0.2, -0.15) is 0 Å². The van der Waals surface area contributed by atoms with E-state index in [1.54, 1.807) is 12.1 Å². The number of halogens is 1. The topological polar surface area (TPSA) is 50.8 Å². The van der Waals surface area contributed by atoms with E-state index in [1.165, 1.54) is 12.1 Å². The van der Waals surface area contributed by atoms with Gasteiger partial charge in [-0.3, -0.25) is 4.79 Å². The summed E-state index contributed by atoms with van der Waals surface area (Å²) in [5, 5.41) is 3.05. The Labute approximate surface area is 165 Å². The third-order valence-corrected chi connectivity index (χ3v) is 5.16. The van der Waals surface area contributed by atoms with E-state index in [0.29, 0.717) is 13.0 Å². The molecule has 1 aliphatic rings. The quantitative estimate of drug-likeness (QED) is 0.749. The first kappa shape index (κ1) is 20.1. The Balaban J connectivity index is 1.61. The highest BCUT2D eigenvalue weighted by atomic mass is 19.1. The molecule has 0 fully saturated rings. The lowest BCUT2D eigenvalue weighted by atomic mass is 9.93. The number of benzene rings is 2. The van der Waals surface area contributed by atoms with Crippen LogP contribution in [0.1, 0.15) is 42.9 Å². The minimum Gasteiger partial charge on any atom is -0.454 e. The molecule has 2 atom stereocenters. The molecule has 1 amide bonds. The number of amides is 1. The van der Waals surface area contributed by atoms with Crippen LogP contribution in [0.4, 0.5) is 4.39 Å². The van der Waals surface area contributed by atoms with Crippen molar-refractivity contribution in [3.63, 3.8) is 0 Å². The second kappa shape index (κ2) is 9.06. The summed E-state index contributed by atoms with van der Waals surface area (Å²) >= 11 is 0. The van der Waals surface area contributed by atoms with Gasteiger partial charge in [-0.15, -0.1) is 0 Å². The van der Waals surface area contributed by atoms with Crippen LogP contribution in [0, 0.1) is 5.82 Å².